The van der Waals surface area contributed by atoms with Gasteiger partial charge in [0.05, 0.1) is 26.0 Å². The number of carbonyl (C=O) groups is 1. The standard InChI is InChI=1S/C20H28N2O3/c1-3-4-12-24-18-8-5-7-17(14-18)10-11-22(16-20(23)21-2)15-19-9-6-13-25-19/h5-9,13-14H,3-4,10-12,15-16H2,1-2H3,(H,21,23). The molecule has 2 aromatic rings. The lowest BCUT2D eigenvalue weighted by molar-refractivity contribution is -0.121. The molecule has 0 aliphatic heterocycles. The summed E-state index contributed by atoms with van der Waals surface area (Å²) in [6.45, 7) is 4.64. The molecule has 0 radical (unpaired) electrons. The van der Waals surface area contributed by atoms with Crippen molar-refractivity contribution in [1.82, 2.24) is 10.2 Å². The topological polar surface area (TPSA) is 54.7 Å². The van der Waals surface area contributed by atoms with Crippen molar-refractivity contribution >= 4 is 5.91 Å². The minimum absolute atomic E-state index is 0.00297. The van der Waals surface area contributed by atoms with E-state index in [1.54, 1.807) is 13.3 Å². The van der Waals surface area contributed by atoms with Crippen LogP contribution in [0.5, 0.6) is 5.75 Å². The third-order valence-corrected chi connectivity index (χ3v) is 3.99. The highest BCUT2D eigenvalue weighted by molar-refractivity contribution is 5.77. The first-order valence-corrected chi connectivity index (χ1v) is 8.88. The predicted octanol–water partition coefficient (Wildman–Crippen LogP) is 3.25. The van der Waals surface area contributed by atoms with Crippen LogP contribution in [-0.2, 0) is 17.8 Å². The van der Waals surface area contributed by atoms with Gasteiger partial charge in [-0.15, -0.1) is 0 Å². The molecule has 2 rings (SSSR count). The van der Waals surface area contributed by atoms with E-state index in [9.17, 15) is 4.79 Å². The van der Waals surface area contributed by atoms with Crippen molar-refractivity contribution in [2.45, 2.75) is 32.7 Å². The van der Waals surface area contributed by atoms with Gasteiger partial charge in [-0.25, -0.2) is 0 Å². The smallest absolute Gasteiger partial charge is 0.233 e. The van der Waals surface area contributed by atoms with Crippen LogP contribution in [0.4, 0.5) is 0 Å². The second kappa shape index (κ2) is 10.6. The summed E-state index contributed by atoms with van der Waals surface area (Å²) in [4.78, 5) is 13.8. The maximum atomic E-state index is 11.8. The maximum absolute atomic E-state index is 11.8. The summed E-state index contributed by atoms with van der Waals surface area (Å²) in [7, 11) is 1.66. The van der Waals surface area contributed by atoms with E-state index < -0.39 is 0 Å². The summed E-state index contributed by atoms with van der Waals surface area (Å²) in [5.41, 5.74) is 1.20. The lowest BCUT2D eigenvalue weighted by atomic mass is 10.1. The second-order valence-electron chi connectivity index (χ2n) is 6.06. The Balaban J connectivity index is 1.92. The molecule has 0 spiro atoms. The number of unbranched alkanes of at least 4 members (excludes halogenated alkanes) is 1. The third-order valence-electron chi connectivity index (χ3n) is 3.99. The molecule has 5 nitrogen and oxygen atoms in total. The quantitative estimate of drug-likeness (QED) is 0.636. The average Bonchev–Trinajstić information content (AvgIpc) is 3.13. The van der Waals surface area contributed by atoms with Gasteiger partial charge in [-0.05, 0) is 42.7 Å². The first-order valence-electron chi connectivity index (χ1n) is 8.88. The Hall–Kier alpha value is -2.27. The van der Waals surface area contributed by atoms with Crippen LogP contribution in [-0.4, -0.2) is 37.6 Å². The van der Waals surface area contributed by atoms with Crippen molar-refractivity contribution in [2.24, 2.45) is 0 Å². The predicted molar refractivity (Wildman–Crippen MR) is 98.6 cm³/mol. The number of nitrogens with one attached hydrogen (secondary N) is 1. The third kappa shape index (κ3) is 7.01. The molecule has 0 aliphatic carbocycles. The first-order chi connectivity index (χ1) is 12.2. The molecule has 0 saturated carbocycles. The molecule has 1 aromatic carbocycles. The lowest BCUT2D eigenvalue weighted by Gasteiger charge is -2.20. The number of benzene rings is 1. The van der Waals surface area contributed by atoms with Gasteiger partial charge in [-0.3, -0.25) is 9.69 Å². The monoisotopic (exact) mass is 344 g/mol. The van der Waals surface area contributed by atoms with E-state index in [-0.39, 0.29) is 5.91 Å². The van der Waals surface area contributed by atoms with Gasteiger partial charge in [0.25, 0.3) is 0 Å². The van der Waals surface area contributed by atoms with Gasteiger partial charge in [0.2, 0.25) is 5.91 Å². The largest absolute Gasteiger partial charge is 0.494 e. The van der Waals surface area contributed by atoms with Gasteiger partial charge in [0, 0.05) is 13.6 Å². The van der Waals surface area contributed by atoms with Gasteiger partial charge in [0.15, 0.2) is 0 Å². The summed E-state index contributed by atoms with van der Waals surface area (Å²) in [5, 5.41) is 2.68. The summed E-state index contributed by atoms with van der Waals surface area (Å²) in [5.74, 6) is 1.78. The molecule has 25 heavy (non-hydrogen) atoms. The van der Waals surface area contributed by atoms with Crippen molar-refractivity contribution in [3.05, 3.63) is 54.0 Å². The van der Waals surface area contributed by atoms with Gasteiger partial charge in [0.1, 0.15) is 11.5 Å². The van der Waals surface area contributed by atoms with E-state index in [1.807, 2.05) is 24.3 Å². The highest BCUT2D eigenvalue weighted by atomic mass is 16.5. The van der Waals surface area contributed by atoms with Crippen molar-refractivity contribution in [3.8, 4) is 5.75 Å². The number of ether oxygens (including phenoxy) is 1. The molecule has 0 unspecified atom stereocenters. The van der Waals surface area contributed by atoms with Gasteiger partial charge < -0.3 is 14.5 Å². The molecule has 1 N–H and O–H groups in total. The van der Waals surface area contributed by atoms with Crippen LogP contribution in [0.2, 0.25) is 0 Å². The Kier molecular flexibility index (Phi) is 8.05. The Morgan fingerprint density at radius 1 is 1.28 bits per heavy atom. The molecular weight excluding hydrogens is 316 g/mol. The van der Waals surface area contributed by atoms with Crippen LogP contribution < -0.4 is 10.1 Å². The number of likely N-dealkylation sites (N-methyl/N-ethyl adjacent to an activating group) is 1. The maximum Gasteiger partial charge on any atom is 0.233 e. The molecule has 1 heterocycles. The van der Waals surface area contributed by atoms with Crippen molar-refractivity contribution in [1.29, 1.82) is 0 Å². The normalized spacial score (nSPS) is 10.8. The molecule has 0 bridgehead atoms. The summed E-state index contributed by atoms with van der Waals surface area (Å²) in [6, 6.07) is 12.0. The molecule has 0 aliphatic rings. The SMILES string of the molecule is CCCCOc1cccc(CCN(CC(=O)NC)Cc2ccco2)c1. The van der Waals surface area contributed by atoms with Gasteiger partial charge >= 0.3 is 0 Å². The molecule has 0 atom stereocenters. The average molecular weight is 344 g/mol. The highest BCUT2D eigenvalue weighted by Gasteiger charge is 2.12. The molecule has 0 fully saturated rings. The van der Waals surface area contributed by atoms with Crippen LogP contribution in [0.15, 0.2) is 47.1 Å². The molecular formula is C20H28N2O3. The number of hydrogen-bond acceptors (Lipinski definition) is 4. The van der Waals surface area contributed by atoms with E-state index in [0.29, 0.717) is 13.1 Å². The van der Waals surface area contributed by atoms with Crippen molar-refractivity contribution in [3.63, 3.8) is 0 Å². The lowest BCUT2D eigenvalue weighted by Crippen LogP contribution is -2.36. The zero-order chi connectivity index (χ0) is 17.9. The molecule has 1 aromatic heterocycles. The minimum atomic E-state index is 0.00297. The number of rotatable bonds is 11. The van der Waals surface area contributed by atoms with E-state index in [2.05, 4.69) is 29.3 Å². The summed E-state index contributed by atoms with van der Waals surface area (Å²) in [6.07, 6.45) is 4.70. The molecule has 1 amide bonds. The van der Waals surface area contributed by atoms with Gasteiger partial charge in [-0.1, -0.05) is 25.5 Å². The van der Waals surface area contributed by atoms with E-state index in [1.165, 1.54) is 5.56 Å². The van der Waals surface area contributed by atoms with E-state index in [4.69, 9.17) is 9.15 Å². The zero-order valence-electron chi connectivity index (χ0n) is 15.2. The zero-order valence-corrected chi connectivity index (χ0v) is 15.2. The number of nitrogens with zero attached hydrogens (tertiary/aromatic N) is 1. The summed E-state index contributed by atoms with van der Waals surface area (Å²) >= 11 is 0. The second-order valence-corrected chi connectivity index (χ2v) is 6.06. The number of hydrogen-bond donors (Lipinski definition) is 1. The fraction of sp³-hybridized carbons (Fsp3) is 0.450. The Labute approximate surface area is 150 Å². The fourth-order valence-corrected chi connectivity index (χ4v) is 2.53. The van der Waals surface area contributed by atoms with Crippen LogP contribution in [0.1, 0.15) is 31.1 Å². The molecule has 0 saturated heterocycles. The van der Waals surface area contributed by atoms with Crippen LogP contribution in [0, 0.1) is 0 Å². The number of carbonyl (C=O) groups excluding carboxylic acids is 1. The van der Waals surface area contributed by atoms with Crippen LogP contribution >= 0.6 is 0 Å². The number of amides is 1. The van der Waals surface area contributed by atoms with Crippen molar-refractivity contribution < 1.29 is 13.9 Å². The molecule has 136 valence electrons. The highest BCUT2D eigenvalue weighted by Crippen LogP contribution is 2.15. The van der Waals surface area contributed by atoms with Crippen LogP contribution in [0.3, 0.4) is 0 Å². The fourth-order valence-electron chi connectivity index (χ4n) is 2.53. The van der Waals surface area contributed by atoms with Crippen LogP contribution in [0.25, 0.3) is 0 Å². The summed E-state index contributed by atoms with van der Waals surface area (Å²) < 4.78 is 11.2. The first kappa shape index (κ1) is 19.1. The van der Waals surface area contributed by atoms with E-state index in [0.717, 1.165) is 43.9 Å². The minimum Gasteiger partial charge on any atom is -0.494 e. The number of furan rings is 1. The van der Waals surface area contributed by atoms with Crippen molar-refractivity contribution in [2.75, 3.05) is 26.7 Å². The Bertz CT molecular complexity index is 626. The van der Waals surface area contributed by atoms with E-state index >= 15 is 0 Å². The van der Waals surface area contributed by atoms with Gasteiger partial charge in [-0.2, -0.15) is 0 Å². The Morgan fingerprint density at radius 3 is 2.88 bits per heavy atom. The Morgan fingerprint density at radius 2 is 2.16 bits per heavy atom. The molecule has 5 heteroatoms.